The van der Waals surface area contributed by atoms with Crippen LogP contribution >= 0.6 is 0 Å². The monoisotopic (exact) mass is 687 g/mol. The molecule has 1 saturated carbocycles. The van der Waals surface area contributed by atoms with Crippen molar-refractivity contribution in [2.24, 2.45) is 11.3 Å². The summed E-state index contributed by atoms with van der Waals surface area (Å²) in [6.45, 7) is 4.36. The van der Waals surface area contributed by atoms with E-state index in [4.69, 9.17) is 19.4 Å². The number of pyridine rings is 1. The van der Waals surface area contributed by atoms with E-state index in [0.29, 0.717) is 67.3 Å². The standard InChI is InChI=1S/C36H42F3N5O4.Na/c1-4-48-30-12-9-25(19-27(30)36(37,38)39)28-20-29(43(2)21-35(22-47-3)15-5-6-16-35)31-33(40-28)42-32(41-31)23-7-10-26(11-8-23)44-17-13-24(14-18-44)34(45)46;/h7-12,19-20,24H,4-6,13-18,21-22H2,1-3H3,(H,45,46)(H,40,41,42);/q;+1/p-1. The Bertz CT molecular complexity index is 1750. The predicted molar refractivity (Wildman–Crippen MR) is 177 cm³/mol. The summed E-state index contributed by atoms with van der Waals surface area (Å²) in [6, 6.07) is 13.8. The minimum atomic E-state index is -4.60. The first kappa shape index (κ1) is 36.9. The van der Waals surface area contributed by atoms with Gasteiger partial charge >= 0.3 is 35.7 Å². The van der Waals surface area contributed by atoms with E-state index >= 15 is 0 Å². The number of aromatic amines is 1. The van der Waals surface area contributed by atoms with E-state index in [9.17, 15) is 23.1 Å². The number of carbonyl (C=O) groups is 1. The first-order valence-electron chi connectivity index (χ1n) is 16.5. The largest absolute Gasteiger partial charge is 1.00 e. The quantitative estimate of drug-likeness (QED) is 0.240. The molecule has 0 radical (unpaired) electrons. The maximum Gasteiger partial charge on any atom is 1.00 e. The zero-order valence-electron chi connectivity index (χ0n) is 28.5. The number of anilines is 2. The van der Waals surface area contributed by atoms with Crippen molar-refractivity contribution in [2.75, 3.05) is 56.8 Å². The number of methoxy groups -OCH3 is 1. The molecule has 2 aromatic heterocycles. The number of piperidine rings is 1. The summed E-state index contributed by atoms with van der Waals surface area (Å²) in [6.07, 6.45) is 0.801. The van der Waals surface area contributed by atoms with Gasteiger partial charge in [-0.25, -0.2) is 9.97 Å². The van der Waals surface area contributed by atoms with Gasteiger partial charge in [0.1, 0.15) is 17.1 Å². The van der Waals surface area contributed by atoms with Crippen LogP contribution in [0.4, 0.5) is 24.5 Å². The molecule has 1 N–H and O–H groups in total. The number of rotatable bonds is 11. The van der Waals surface area contributed by atoms with Gasteiger partial charge in [0.2, 0.25) is 0 Å². The number of benzene rings is 2. The third kappa shape index (κ3) is 8.03. The molecule has 0 unspecified atom stereocenters. The van der Waals surface area contributed by atoms with Crippen LogP contribution in [0.3, 0.4) is 0 Å². The van der Waals surface area contributed by atoms with Gasteiger partial charge in [-0.05, 0) is 81.1 Å². The SMILES string of the molecule is CCOc1ccc(-c2cc(N(C)CC3(COC)CCCC3)c3[nH]c(-c4ccc(N5CCC(C(=O)[O-])CC5)cc4)nc3n2)cc1C(F)(F)F.[Na+]. The Hall–Kier alpha value is -3.32. The number of H-pyrrole nitrogens is 1. The molecule has 49 heavy (non-hydrogen) atoms. The van der Waals surface area contributed by atoms with E-state index in [1.807, 2.05) is 37.4 Å². The summed E-state index contributed by atoms with van der Waals surface area (Å²) in [5, 5.41) is 11.3. The minimum absolute atomic E-state index is 0. The van der Waals surface area contributed by atoms with Crippen LogP contribution in [0, 0.1) is 11.3 Å². The Kier molecular flexibility index (Phi) is 11.5. The van der Waals surface area contributed by atoms with Gasteiger partial charge in [0.25, 0.3) is 0 Å². The van der Waals surface area contributed by atoms with Gasteiger partial charge < -0.3 is 34.2 Å². The molecule has 0 spiro atoms. The number of halogens is 3. The number of ether oxygens (including phenoxy) is 2. The van der Waals surface area contributed by atoms with Crippen LogP contribution in [-0.4, -0.2) is 67.9 Å². The van der Waals surface area contributed by atoms with E-state index < -0.39 is 23.6 Å². The predicted octanol–water partition coefficient (Wildman–Crippen LogP) is 3.32. The third-order valence-corrected chi connectivity index (χ3v) is 9.75. The van der Waals surface area contributed by atoms with Gasteiger partial charge in [-0.15, -0.1) is 0 Å². The number of imidazole rings is 1. The normalized spacial score (nSPS) is 16.5. The van der Waals surface area contributed by atoms with Crippen molar-refractivity contribution in [3.05, 3.63) is 54.1 Å². The summed E-state index contributed by atoms with van der Waals surface area (Å²) in [5.74, 6) is -1.04. The number of nitrogens with zero attached hydrogens (tertiary/aromatic N) is 4. The third-order valence-electron chi connectivity index (χ3n) is 9.75. The second kappa shape index (κ2) is 15.3. The number of carboxylic acid groups (broad SMARTS) is 1. The molecular formula is C36H41F3N5NaO4. The van der Waals surface area contributed by atoms with Crippen LogP contribution in [0.15, 0.2) is 48.5 Å². The van der Waals surface area contributed by atoms with Crippen LogP contribution in [0.2, 0.25) is 0 Å². The second-order valence-corrected chi connectivity index (χ2v) is 13.1. The molecule has 256 valence electrons. The zero-order valence-corrected chi connectivity index (χ0v) is 30.5. The van der Waals surface area contributed by atoms with Gasteiger partial charge in [-0.2, -0.15) is 13.2 Å². The fourth-order valence-corrected chi connectivity index (χ4v) is 7.32. The van der Waals surface area contributed by atoms with Crippen molar-refractivity contribution >= 4 is 28.5 Å². The number of hydrogen-bond donors (Lipinski definition) is 1. The Morgan fingerprint density at radius 2 is 1.73 bits per heavy atom. The molecule has 3 heterocycles. The number of carbonyl (C=O) groups excluding carboxylic acids is 1. The van der Waals surface area contributed by atoms with E-state index in [-0.39, 0.29) is 47.3 Å². The average Bonchev–Trinajstić information content (AvgIpc) is 3.72. The van der Waals surface area contributed by atoms with Crippen LogP contribution in [-0.2, 0) is 15.7 Å². The molecule has 13 heteroatoms. The van der Waals surface area contributed by atoms with E-state index in [2.05, 4.69) is 14.8 Å². The van der Waals surface area contributed by atoms with Crippen LogP contribution in [0.25, 0.3) is 33.8 Å². The number of aliphatic carboxylic acids is 1. The van der Waals surface area contributed by atoms with Crippen LogP contribution < -0.4 is 49.2 Å². The fourth-order valence-electron chi connectivity index (χ4n) is 7.32. The molecule has 2 aromatic carbocycles. The van der Waals surface area contributed by atoms with Crippen LogP contribution in [0.5, 0.6) is 5.75 Å². The summed E-state index contributed by atoms with van der Waals surface area (Å²) in [5.41, 5.74) is 3.48. The van der Waals surface area contributed by atoms with Gasteiger partial charge in [-0.3, -0.25) is 0 Å². The number of aromatic nitrogens is 3. The summed E-state index contributed by atoms with van der Waals surface area (Å²) in [4.78, 5) is 28.6. The first-order chi connectivity index (χ1) is 23.0. The van der Waals surface area contributed by atoms with Crippen molar-refractivity contribution in [1.82, 2.24) is 15.0 Å². The molecule has 6 rings (SSSR count). The smallest absolute Gasteiger partial charge is 0.550 e. The van der Waals surface area contributed by atoms with Crippen molar-refractivity contribution in [1.29, 1.82) is 0 Å². The number of fused-ring (bicyclic) bond motifs is 1. The van der Waals surface area contributed by atoms with E-state index in [0.717, 1.165) is 48.7 Å². The molecule has 2 fully saturated rings. The van der Waals surface area contributed by atoms with E-state index in [1.165, 1.54) is 6.07 Å². The van der Waals surface area contributed by atoms with Gasteiger partial charge in [0.05, 0.1) is 30.2 Å². The molecular weight excluding hydrogens is 646 g/mol. The Morgan fingerprint density at radius 3 is 2.35 bits per heavy atom. The first-order valence-corrected chi connectivity index (χ1v) is 16.5. The topological polar surface area (TPSA) is 107 Å². The van der Waals surface area contributed by atoms with E-state index in [1.54, 1.807) is 20.1 Å². The molecule has 1 aliphatic carbocycles. The van der Waals surface area contributed by atoms with Gasteiger partial charge in [-0.1, -0.05) is 12.8 Å². The van der Waals surface area contributed by atoms with Crippen molar-refractivity contribution in [3.63, 3.8) is 0 Å². The minimum Gasteiger partial charge on any atom is -0.550 e. The molecule has 1 aliphatic heterocycles. The maximum absolute atomic E-state index is 14.1. The van der Waals surface area contributed by atoms with Gasteiger partial charge in [0, 0.05) is 67.9 Å². The zero-order chi connectivity index (χ0) is 34.1. The summed E-state index contributed by atoms with van der Waals surface area (Å²) >= 11 is 0. The van der Waals surface area contributed by atoms with Crippen molar-refractivity contribution in [3.8, 4) is 28.4 Å². The Balaban J connectivity index is 0.00000468. The molecule has 0 bridgehead atoms. The molecule has 4 aromatic rings. The van der Waals surface area contributed by atoms with Gasteiger partial charge in [0.15, 0.2) is 5.65 Å². The number of alkyl halides is 3. The average molecular weight is 688 g/mol. The Labute approximate surface area is 306 Å². The second-order valence-electron chi connectivity index (χ2n) is 13.1. The maximum atomic E-state index is 14.1. The van der Waals surface area contributed by atoms with Crippen molar-refractivity contribution < 1.29 is 62.1 Å². The fraction of sp³-hybridized carbons (Fsp3) is 0.472. The number of nitrogens with one attached hydrogen (secondary N) is 1. The molecule has 0 atom stereocenters. The molecule has 1 saturated heterocycles. The Morgan fingerprint density at radius 1 is 1.06 bits per heavy atom. The number of carboxylic acids is 1. The van der Waals surface area contributed by atoms with Crippen molar-refractivity contribution in [2.45, 2.75) is 51.6 Å². The summed E-state index contributed by atoms with van der Waals surface area (Å²) in [7, 11) is 3.71. The molecule has 9 nitrogen and oxygen atoms in total. The van der Waals surface area contributed by atoms with Crippen LogP contribution in [0.1, 0.15) is 51.0 Å². The number of hydrogen-bond acceptors (Lipinski definition) is 8. The summed E-state index contributed by atoms with van der Waals surface area (Å²) < 4.78 is 53.2. The molecule has 2 aliphatic rings. The molecule has 0 amide bonds.